The quantitative estimate of drug-likeness (QED) is 0.624. The van der Waals surface area contributed by atoms with Crippen molar-refractivity contribution in [3.05, 3.63) is 62.9 Å². The fourth-order valence-electron chi connectivity index (χ4n) is 2.18. The SMILES string of the molecule is C#CCn1c(=NC(=O)c2cc(Cl)cc(Cl)c2)sc2ccccc21. The Morgan fingerprint density at radius 3 is 2.61 bits per heavy atom. The van der Waals surface area contributed by atoms with Gasteiger partial charge in [-0.2, -0.15) is 4.99 Å². The lowest BCUT2D eigenvalue weighted by Crippen LogP contribution is -2.16. The van der Waals surface area contributed by atoms with Crippen LogP contribution in [0.25, 0.3) is 10.2 Å². The van der Waals surface area contributed by atoms with E-state index >= 15 is 0 Å². The normalized spacial score (nSPS) is 11.6. The molecular weight excluding hydrogens is 351 g/mol. The highest BCUT2D eigenvalue weighted by molar-refractivity contribution is 7.16. The standard InChI is InChI=1S/C17H10Cl2N2OS/c1-2-7-21-14-5-3-4-6-15(14)23-17(21)20-16(22)11-8-12(18)10-13(19)9-11/h1,3-6,8-10H,7H2. The number of hydrogen-bond donors (Lipinski definition) is 0. The average Bonchev–Trinajstić information content (AvgIpc) is 2.84. The lowest BCUT2D eigenvalue weighted by molar-refractivity contribution is 0.0998. The number of carbonyl (C=O) groups is 1. The predicted octanol–water partition coefficient (Wildman–Crippen LogP) is 4.38. The molecule has 0 aliphatic rings. The van der Waals surface area contributed by atoms with Crippen LogP contribution < -0.4 is 4.80 Å². The van der Waals surface area contributed by atoms with Gasteiger partial charge in [0.25, 0.3) is 5.91 Å². The van der Waals surface area contributed by atoms with E-state index in [9.17, 15) is 4.79 Å². The van der Waals surface area contributed by atoms with Gasteiger partial charge in [-0.25, -0.2) is 0 Å². The van der Waals surface area contributed by atoms with Gasteiger partial charge >= 0.3 is 0 Å². The number of halogens is 2. The third-order valence-corrected chi connectivity index (χ3v) is 4.64. The van der Waals surface area contributed by atoms with Crippen LogP contribution in [0.1, 0.15) is 10.4 Å². The molecule has 6 heteroatoms. The summed E-state index contributed by atoms with van der Waals surface area (Å²) in [5, 5.41) is 0.785. The van der Waals surface area contributed by atoms with Gasteiger partial charge in [0.15, 0.2) is 4.80 Å². The van der Waals surface area contributed by atoms with Crippen molar-refractivity contribution in [3.63, 3.8) is 0 Å². The van der Waals surface area contributed by atoms with Gasteiger partial charge in [-0.3, -0.25) is 4.79 Å². The lowest BCUT2D eigenvalue weighted by atomic mass is 10.2. The molecule has 1 heterocycles. The first-order valence-corrected chi connectivity index (χ1v) is 8.23. The van der Waals surface area contributed by atoms with Gasteiger partial charge in [-0.05, 0) is 30.3 Å². The van der Waals surface area contributed by atoms with Crippen LogP contribution in [0.4, 0.5) is 0 Å². The Balaban J connectivity index is 2.15. The molecule has 1 amide bonds. The van der Waals surface area contributed by atoms with E-state index in [4.69, 9.17) is 29.6 Å². The molecule has 0 aliphatic carbocycles. The van der Waals surface area contributed by atoms with E-state index in [0.29, 0.717) is 27.0 Å². The van der Waals surface area contributed by atoms with Crippen molar-refractivity contribution in [2.45, 2.75) is 6.54 Å². The van der Waals surface area contributed by atoms with Crippen molar-refractivity contribution in [1.82, 2.24) is 4.57 Å². The average molecular weight is 361 g/mol. The van der Waals surface area contributed by atoms with Crippen LogP contribution in [0.3, 0.4) is 0 Å². The van der Waals surface area contributed by atoms with Crippen molar-refractivity contribution in [3.8, 4) is 12.3 Å². The zero-order valence-corrected chi connectivity index (χ0v) is 14.1. The predicted molar refractivity (Wildman–Crippen MR) is 95.0 cm³/mol. The molecule has 0 saturated carbocycles. The monoisotopic (exact) mass is 360 g/mol. The summed E-state index contributed by atoms with van der Waals surface area (Å²) >= 11 is 13.3. The third-order valence-electron chi connectivity index (χ3n) is 3.14. The van der Waals surface area contributed by atoms with E-state index in [1.54, 1.807) is 6.07 Å². The summed E-state index contributed by atoms with van der Waals surface area (Å²) in [7, 11) is 0. The Bertz CT molecular complexity index is 991. The Morgan fingerprint density at radius 2 is 1.91 bits per heavy atom. The van der Waals surface area contributed by atoms with Crippen LogP contribution in [0.5, 0.6) is 0 Å². The number of thiazole rings is 1. The van der Waals surface area contributed by atoms with Crippen molar-refractivity contribution in [2.75, 3.05) is 0 Å². The first kappa shape index (κ1) is 15.8. The minimum absolute atomic E-state index is 0.340. The molecule has 0 radical (unpaired) electrons. The molecule has 0 saturated heterocycles. The molecule has 2 aromatic carbocycles. The Kier molecular flexibility index (Phi) is 4.53. The zero-order chi connectivity index (χ0) is 16.4. The second kappa shape index (κ2) is 6.59. The molecule has 0 bridgehead atoms. The van der Waals surface area contributed by atoms with Gasteiger partial charge in [0.2, 0.25) is 0 Å². The molecule has 0 atom stereocenters. The number of rotatable bonds is 2. The molecule has 23 heavy (non-hydrogen) atoms. The fraction of sp³-hybridized carbons (Fsp3) is 0.0588. The van der Waals surface area contributed by atoms with Gasteiger partial charge in [0, 0.05) is 15.6 Å². The number of aromatic nitrogens is 1. The molecule has 3 aromatic rings. The second-order valence-corrected chi connectivity index (χ2v) is 6.60. The Hall–Kier alpha value is -2.06. The number of amides is 1. The summed E-state index contributed by atoms with van der Waals surface area (Å²) in [6.07, 6.45) is 5.43. The topological polar surface area (TPSA) is 34.4 Å². The highest BCUT2D eigenvalue weighted by Gasteiger charge is 2.10. The van der Waals surface area contributed by atoms with Crippen LogP contribution in [0.15, 0.2) is 47.5 Å². The van der Waals surface area contributed by atoms with E-state index in [-0.39, 0.29) is 0 Å². The van der Waals surface area contributed by atoms with Gasteiger partial charge in [0.1, 0.15) is 0 Å². The lowest BCUT2D eigenvalue weighted by Gasteiger charge is -2.00. The van der Waals surface area contributed by atoms with E-state index in [2.05, 4.69) is 10.9 Å². The Labute approximate surface area is 146 Å². The number of fused-ring (bicyclic) bond motifs is 1. The largest absolute Gasteiger partial charge is 0.305 e. The van der Waals surface area contributed by atoms with E-state index in [1.807, 2.05) is 28.8 Å². The summed E-state index contributed by atoms with van der Waals surface area (Å²) in [6.45, 7) is 0.340. The van der Waals surface area contributed by atoms with Crippen LogP contribution >= 0.6 is 34.5 Å². The molecule has 1 aromatic heterocycles. The maximum absolute atomic E-state index is 12.4. The number of para-hydroxylation sites is 1. The first-order chi connectivity index (χ1) is 11.1. The highest BCUT2D eigenvalue weighted by Crippen LogP contribution is 2.20. The smallest absolute Gasteiger partial charge is 0.279 e. The molecule has 0 fully saturated rings. The molecule has 0 aliphatic heterocycles. The number of benzene rings is 2. The van der Waals surface area contributed by atoms with Crippen molar-refractivity contribution >= 4 is 50.7 Å². The maximum atomic E-state index is 12.4. The summed E-state index contributed by atoms with van der Waals surface area (Å²) in [4.78, 5) is 17.2. The highest BCUT2D eigenvalue weighted by atomic mass is 35.5. The van der Waals surface area contributed by atoms with Crippen molar-refractivity contribution in [2.24, 2.45) is 4.99 Å². The summed E-state index contributed by atoms with van der Waals surface area (Å²) in [5.41, 5.74) is 1.29. The third kappa shape index (κ3) is 3.32. The van der Waals surface area contributed by atoms with Crippen LogP contribution in [-0.4, -0.2) is 10.5 Å². The minimum Gasteiger partial charge on any atom is -0.305 e. The van der Waals surface area contributed by atoms with E-state index in [0.717, 1.165) is 10.2 Å². The number of carbonyl (C=O) groups excluding carboxylic acids is 1. The van der Waals surface area contributed by atoms with Gasteiger partial charge < -0.3 is 4.57 Å². The van der Waals surface area contributed by atoms with Crippen LogP contribution in [-0.2, 0) is 6.54 Å². The number of nitrogens with zero attached hydrogens (tertiary/aromatic N) is 2. The summed E-state index contributed by atoms with van der Waals surface area (Å²) in [5.74, 6) is 2.18. The number of hydrogen-bond acceptors (Lipinski definition) is 2. The summed E-state index contributed by atoms with van der Waals surface area (Å²) in [6, 6.07) is 12.4. The van der Waals surface area contributed by atoms with Gasteiger partial charge in [-0.15, -0.1) is 6.42 Å². The Morgan fingerprint density at radius 1 is 1.22 bits per heavy atom. The van der Waals surface area contributed by atoms with Crippen LogP contribution in [0.2, 0.25) is 10.0 Å². The summed E-state index contributed by atoms with van der Waals surface area (Å²) < 4.78 is 2.85. The fourth-order valence-corrected chi connectivity index (χ4v) is 3.73. The zero-order valence-electron chi connectivity index (χ0n) is 11.8. The maximum Gasteiger partial charge on any atom is 0.279 e. The van der Waals surface area contributed by atoms with Crippen LogP contribution in [0, 0.1) is 12.3 Å². The van der Waals surface area contributed by atoms with E-state index in [1.165, 1.54) is 23.5 Å². The molecule has 0 N–H and O–H groups in total. The molecule has 114 valence electrons. The molecule has 0 spiro atoms. The molecular formula is C17H10Cl2N2OS. The second-order valence-electron chi connectivity index (χ2n) is 4.72. The first-order valence-electron chi connectivity index (χ1n) is 6.65. The van der Waals surface area contributed by atoms with Gasteiger partial charge in [-0.1, -0.05) is 52.6 Å². The molecule has 0 unspecified atom stereocenters. The van der Waals surface area contributed by atoms with Crippen molar-refractivity contribution < 1.29 is 4.79 Å². The van der Waals surface area contributed by atoms with Gasteiger partial charge in [0.05, 0.1) is 16.8 Å². The van der Waals surface area contributed by atoms with E-state index < -0.39 is 5.91 Å². The number of terminal acetylenes is 1. The molecule has 3 rings (SSSR count). The molecule has 3 nitrogen and oxygen atoms in total. The van der Waals surface area contributed by atoms with Crippen molar-refractivity contribution in [1.29, 1.82) is 0 Å². The minimum atomic E-state index is -0.410.